The van der Waals surface area contributed by atoms with Crippen LogP contribution in [-0.2, 0) is 11.2 Å². The normalized spacial score (nSPS) is 15.5. The van der Waals surface area contributed by atoms with Crippen molar-refractivity contribution >= 4 is 5.91 Å². The van der Waals surface area contributed by atoms with Gasteiger partial charge in [-0.2, -0.15) is 0 Å². The van der Waals surface area contributed by atoms with E-state index in [-0.39, 0.29) is 5.91 Å². The number of carbonyl (C=O) groups is 1. The number of nitrogens with one attached hydrogen (secondary N) is 1. The van der Waals surface area contributed by atoms with Crippen molar-refractivity contribution in [3.63, 3.8) is 0 Å². The van der Waals surface area contributed by atoms with Crippen molar-refractivity contribution < 1.29 is 9.53 Å². The smallest absolute Gasteiger partial charge is 0.220 e. The zero-order valence-electron chi connectivity index (χ0n) is 13.8. The van der Waals surface area contributed by atoms with Crippen LogP contribution in [0.4, 0.5) is 0 Å². The maximum atomic E-state index is 11.9. The molecule has 0 atom stereocenters. The molecule has 1 amide bonds. The van der Waals surface area contributed by atoms with Crippen LogP contribution in [0.2, 0.25) is 0 Å². The Morgan fingerprint density at radius 3 is 2.77 bits per heavy atom. The molecule has 0 saturated heterocycles. The first-order valence-corrected chi connectivity index (χ1v) is 8.68. The molecule has 1 saturated carbocycles. The van der Waals surface area contributed by atoms with Crippen LogP contribution in [0.1, 0.15) is 56.9 Å². The number of benzene rings is 1. The Labute approximate surface area is 134 Å². The van der Waals surface area contributed by atoms with Crippen LogP contribution in [-0.4, -0.2) is 19.6 Å². The largest absolute Gasteiger partial charge is 0.496 e. The van der Waals surface area contributed by atoms with Crippen molar-refractivity contribution in [1.82, 2.24) is 5.32 Å². The van der Waals surface area contributed by atoms with Crippen molar-refractivity contribution in [1.29, 1.82) is 0 Å². The molecule has 122 valence electrons. The molecule has 3 nitrogen and oxygen atoms in total. The van der Waals surface area contributed by atoms with Crippen LogP contribution in [0.25, 0.3) is 0 Å². The number of para-hydroxylation sites is 1. The fourth-order valence-corrected chi connectivity index (χ4v) is 3.36. The van der Waals surface area contributed by atoms with Crippen LogP contribution < -0.4 is 10.1 Å². The van der Waals surface area contributed by atoms with E-state index >= 15 is 0 Å². The highest BCUT2D eigenvalue weighted by Crippen LogP contribution is 2.27. The number of ether oxygens (including phenoxy) is 1. The van der Waals surface area contributed by atoms with E-state index in [9.17, 15) is 4.79 Å². The number of hydrogen-bond donors (Lipinski definition) is 1. The second-order valence-electron chi connectivity index (χ2n) is 6.31. The van der Waals surface area contributed by atoms with E-state index in [1.54, 1.807) is 7.11 Å². The molecule has 0 aromatic heterocycles. The molecule has 1 fully saturated rings. The molecule has 0 aliphatic heterocycles. The molecule has 1 N–H and O–H groups in total. The number of rotatable bonds is 8. The highest BCUT2D eigenvalue weighted by molar-refractivity contribution is 5.75. The van der Waals surface area contributed by atoms with Crippen molar-refractivity contribution in [3.8, 4) is 5.75 Å². The Balaban J connectivity index is 1.59. The first-order valence-electron chi connectivity index (χ1n) is 8.68. The summed E-state index contributed by atoms with van der Waals surface area (Å²) in [6.07, 6.45) is 10.7. The summed E-state index contributed by atoms with van der Waals surface area (Å²) < 4.78 is 5.32. The molecule has 0 bridgehead atoms. The summed E-state index contributed by atoms with van der Waals surface area (Å²) in [4.78, 5) is 11.9. The van der Waals surface area contributed by atoms with Gasteiger partial charge in [-0.25, -0.2) is 0 Å². The second kappa shape index (κ2) is 9.50. The molecule has 0 spiro atoms. The predicted molar refractivity (Wildman–Crippen MR) is 90.1 cm³/mol. The van der Waals surface area contributed by atoms with E-state index in [0.29, 0.717) is 13.0 Å². The summed E-state index contributed by atoms with van der Waals surface area (Å²) in [7, 11) is 1.68. The van der Waals surface area contributed by atoms with Crippen molar-refractivity contribution in [2.45, 2.75) is 57.8 Å². The van der Waals surface area contributed by atoms with E-state index in [2.05, 4.69) is 5.32 Å². The third-order valence-corrected chi connectivity index (χ3v) is 4.65. The first-order chi connectivity index (χ1) is 10.8. The molecule has 0 unspecified atom stereocenters. The van der Waals surface area contributed by atoms with Crippen molar-refractivity contribution in [3.05, 3.63) is 29.8 Å². The van der Waals surface area contributed by atoms with Crippen molar-refractivity contribution in [2.75, 3.05) is 13.7 Å². The zero-order valence-corrected chi connectivity index (χ0v) is 13.8. The van der Waals surface area contributed by atoms with Crippen LogP contribution in [0.5, 0.6) is 5.75 Å². The summed E-state index contributed by atoms with van der Waals surface area (Å²) in [5.41, 5.74) is 1.15. The van der Waals surface area contributed by atoms with Gasteiger partial charge in [0.1, 0.15) is 5.75 Å². The minimum atomic E-state index is 0.186. The standard InChI is InChI=1S/C19H29NO2/c1-22-18-12-6-5-11-17(18)14-15-20-19(21)13-7-10-16-8-3-2-4-9-16/h5-6,11-12,16H,2-4,7-10,13-15H2,1H3,(H,20,21). The lowest BCUT2D eigenvalue weighted by atomic mass is 9.86. The van der Waals surface area contributed by atoms with Gasteiger partial charge in [0.25, 0.3) is 0 Å². The lowest BCUT2D eigenvalue weighted by Crippen LogP contribution is -2.25. The summed E-state index contributed by atoms with van der Waals surface area (Å²) in [5, 5.41) is 3.03. The Hall–Kier alpha value is -1.51. The first kappa shape index (κ1) is 16.9. The number of methoxy groups -OCH3 is 1. The molecule has 3 heteroatoms. The van der Waals surface area contributed by atoms with Gasteiger partial charge in [0.2, 0.25) is 5.91 Å². The molecule has 1 aliphatic carbocycles. The fraction of sp³-hybridized carbons (Fsp3) is 0.632. The zero-order chi connectivity index (χ0) is 15.6. The second-order valence-corrected chi connectivity index (χ2v) is 6.31. The van der Waals surface area contributed by atoms with E-state index in [4.69, 9.17) is 4.74 Å². The molecule has 1 aromatic rings. The highest BCUT2D eigenvalue weighted by atomic mass is 16.5. The van der Waals surface area contributed by atoms with Crippen LogP contribution >= 0.6 is 0 Å². The molecular weight excluding hydrogens is 274 g/mol. The predicted octanol–water partition coefficient (Wildman–Crippen LogP) is 4.10. The topological polar surface area (TPSA) is 38.3 Å². The maximum Gasteiger partial charge on any atom is 0.220 e. The Morgan fingerprint density at radius 2 is 2.00 bits per heavy atom. The number of amides is 1. The quantitative estimate of drug-likeness (QED) is 0.785. The van der Waals surface area contributed by atoms with E-state index < -0.39 is 0 Å². The average molecular weight is 303 g/mol. The fourth-order valence-electron chi connectivity index (χ4n) is 3.36. The number of carbonyl (C=O) groups excluding carboxylic acids is 1. The molecular formula is C19H29NO2. The van der Waals surface area contributed by atoms with Gasteiger partial charge < -0.3 is 10.1 Å². The Bertz CT molecular complexity index is 453. The van der Waals surface area contributed by atoms with Gasteiger partial charge in [0.05, 0.1) is 7.11 Å². The van der Waals surface area contributed by atoms with Crippen LogP contribution in [0.3, 0.4) is 0 Å². The van der Waals surface area contributed by atoms with Gasteiger partial charge in [-0.05, 0) is 36.8 Å². The van der Waals surface area contributed by atoms with Gasteiger partial charge in [0, 0.05) is 13.0 Å². The van der Waals surface area contributed by atoms with Crippen LogP contribution in [0.15, 0.2) is 24.3 Å². The van der Waals surface area contributed by atoms with Gasteiger partial charge >= 0.3 is 0 Å². The summed E-state index contributed by atoms with van der Waals surface area (Å²) in [6, 6.07) is 7.98. The summed E-state index contributed by atoms with van der Waals surface area (Å²) >= 11 is 0. The number of hydrogen-bond acceptors (Lipinski definition) is 2. The third kappa shape index (κ3) is 5.70. The molecule has 0 radical (unpaired) electrons. The molecule has 1 aliphatic rings. The molecule has 22 heavy (non-hydrogen) atoms. The van der Waals surface area contributed by atoms with Gasteiger partial charge in [-0.1, -0.05) is 50.3 Å². The third-order valence-electron chi connectivity index (χ3n) is 4.65. The van der Waals surface area contributed by atoms with Crippen LogP contribution in [0, 0.1) is 5.92 Å². The summed E-state index contributed by atoms with van der Waals surface area (Å²) in [6.45, 7) is 0.683. The van der Waals surface area contributed by atoms with E-state index in [1.165, 1.54) is 38.5 Å². The molecule has 2 rings (SSSR count). The Morgan fingerprint density at radius 1 is 1.23 bits per heavy atom. The lowest BCUT2D eigenvalue weighted by Gasteiger charge is -2.21. The van der Waals surface area contributed by atoms with Gasteiger partial charge in [-0.15, -0.1) is 0 Å². The maximum absolute atomic E-state index is 11.9. The highest BCUT2D eigenvalue weighted by Gasteiger charge is 2.13. The monoisotopic (exact) mass is 303 g/mol. The molecule has 1 aromatic carbocycles. The van der Waals surface area contributed by atoms with Crippen molar-refractivity contribution in [2.24, 2.45) is 5.92 Å². The van der Waals surface area contributed by atoms with E-state index in [0.717, 1.165) is 30.1 Å². The molecule has 0 heterocycles. The van der Waals surface area contributed by atoms with Gasteiger partial charge in [0.15, 0.2) is 0 Å². The minimum absolute atomic E-state index is 0.186. The summed E-state index contributed by atoms with van der Waals surface area (Å²) in [5.74, 6) is 1.95. The Kier molecular flexibility index (Phi) is 7.27. The minimum Gasteiger partial charge on any atom is -0.496 e. The average Bonchev–Trinajstić information content (AvgIpc) is 2.56. The SMILES string of the molecule is COc1ccccc1CCNC(=O)CCCC1CCCCC1. The lowest BCUT2D eigenvalue weighted by molar-refractivity contribution is -0.121. The van der Waals surface area contributed by atoms with E-state index in [1.807, 2.05) is 24.3 Å². The van der Waals surface area contributed by atoms with Gasteiger partial charge in [-0.3, -0.25) is 4.79 Å².